The highest BCUT2D eigenvalue weighted by Crippen LogP contribution is 2.44. The number of nitrogen functional groups attached to an aromatic ring is 2. The molecule has 1 fully saturated rings. The van der Waals surface area contributed by atoms with Gasteiger partial charge in [0, 0.05) is 24.0 Å². The predicted molar refractivity (Wildman–Crippen MR) is 118 cm³/mol. The van der Waals surface area contributed by atoms with Crippen molar-refractivity contribution in [2.24, 2.45) is 0 Å². The van der Waals surface area contributed by atoms with Crippen molar-refractivity contribution < 1.29 is 19.0 Å². The summed E-state index contributed by atoms with van der Waals surface area (Å²) in [5, 5.41) is 10.3. The maximum Gasteiger partial charge on any atom is 0.266 e. The first-order chi connectivity index (χ1) is 15.0. The number of benzene rings is 1. The van der Waals surface area contributed by atoms with Gasteiger partial charge in [-0.05, 0) is 17.7 Å². The van der Waals surface area contributed by atoms with Gasteiger partial charge in [0.15, 0.2) is 11.5 Å². The van der Waals surface area contributed by atoms with Crippen LogP contribution in [0.25, 0.3) is 21.3 Å². The van der Waals surface area contributed by atoms with Crippen LogP contribution in [0.2, 0.25) is 0 Å². The Hall–Kier alpha value is -3.55. The molecule has 1 aliphatic heterocycles. The van der Waals surface area contributed by atoms with Gasteiger partial charge in [0.25, 0.3) is 5.91 Å². The number of carbonyl (C=O) groups is 1. The molecule has 0 unspecified atom stereocenters. The topological polar surface area (TPSA) is 137 Å². The highest BCUT2D eigenvalue weighted by Gasteiger charge is 2.28. The zero-order chi connectivity index (χ0) is 22.1. The lowest BCUT2D eigenvalue weighted by molar-refractivity contribution is 0.0307. The van der Waals surface area contributed by atoms with Crippen LogP contribution in [-0.2, 0) is 4.74 Å². The molecule has 0 aliphatic carbocycles. The minimum atomic E-state index is -0.181. The van der Waals surface area contributed by atoms with Gasteiger partial charge in [-0.3, -0.25) is 4.79 Å². The molecular formula is C21H21N5O4S. The van der Waals surface area contributed by atoms with E-state index in [1.54, 1.807) is 30.2 Å². The van der Waals surface area contributed by atoms with E-state index in [9.17, 15) is 10.1 Å². The van der Waals surface area contributed by atoms with Crippen molar-refractivity contribution in [1.82, 2.24) is 9.88 Å². The summed E-state index contributed by atoms with van der Waals surface area (Å²) in [6.07, 6.45) is 0. The Morgan fingerprint density at radius 3 is 2.58 bits per heavy atom. The third-order valence-electron chi connectivity index (χ3n) is 5.18. The van der Waals surface area contributed by atoms with Crippen LogP contribution < -0.4 is 20.9 Å². The van der Waals surface area contributed by atoms with Crippen LogP contribution >= 0.6 is 11.3 Å². The van der Waals surface area contributed by atoms with Crippen LogP contribution in [0.5, 0.6) is 11.5 Å². The number of pyridine rings is 1. The average molecular weight is 439 g/mol. The summed E-state index contributed by atoms with van der Waals surface area (Å²) in [5.41, 5.74) is 14.2. The second-order valence-corrected chi connectivity index (χ2v) is 7.86. The number of methoxy groups -OCH3 is 2. The summed E-state index contributed by atoms with van der Waals surface area (Å²) in [4.78, 5) is 20.0. The van der Waals surface area contributed by atoms with E-state index in [1.807, 2.05) is 0 Å². The summed E-state index contributed by atoms with van der Waals surface area (Å²) < 4.78 is 16.1. The van der Waals surface area contributed by atoms with Crippen molar-refractivity contribution in [1.29, 1.82) is 5.26 Å². The van der Waals surface area contributed by atoms with Crippen molar-refractivity contribution in [3.8, 4) is 28.7 Å². The number of hydrogen-bond acceptors (Lipinski definition) is 9. The van der Waals surface area contributed by atoms with Crippen LogP contribution in [0.1, 0.15) is 15.2 Å². The summed E-state index contributed by atoms with van der Waals surface area (Å²) in [5.74, 6) is 0.931. The first-order valence-corrected chi connectivity index (χ1v) is 10.3. The number of nitrogens with two attached hydrogens (primary N) is 2. The Labute approximate surface area is 182 Å². The number of fused-ring (bicyclic) bond motifs is 1. The first-order valence-electron chi connectivity index (χ1n) is 9.51. The lowest BCUT2D eigenvalue weighted by Crippen LogP contribution is -2.40. The van der Waals surface area contributed by atoms with E-state index in [1.165, 1.54) is 18.4 Å². The summed E-state index contributed by atoms with van der Waals surface area (Å²) in [6, 6.07) is 7.40. The van der Waals surface area contributed by atoms with E-state index in [-0.39, 0.29) is 23.0 Å². The number of anilines is 2. The van der Waals surface area contributed by atoms with Gasteiger partial charge in [-0.15, -0.1) is 11.3 Å². The van der Waals surface area contributed by atoms with E-state index >= 15 is 0 Å². The smallest absolute Gasteiger partial charge is 0.266 e. The molecule has 3 heterocycles. The van der Waals surface area contributed by atoms with Crippen LogP contribution in [-0.4, -0.2) is 56.3 Å². The molecule has 0 bridgehead atoms. The standard InChI is InChI=1S/C21H21N5O4S/c1-28-13-4-3-11(9-14(13)29-2)15-12(10-22)19(24)25-20-16(15)17(23)18(31-20)21(27)26-5-7-30-8-6-26/h3-4,9H,5-8,23H2,1-2H3,(H2,24,25). The van der Waals surface area contributed by atoms with E-state index < -0.39 is 0 Å². The number of carbonyl (C=O) groups excluding carboxylic acids is 1. The Kier molecular flexibility index (Phi) is 5.54. The third kappa shape index (κ3) is 3.48. The molecule has 0 radical (unpaired) electrons. The fourth-order valence-electron chi connectivity index (χ4n) is 3.63. The second-order valence-electron chi connectivity index (χ2n) is 6.86. The number of aromatic nitrogens is 1. The maximum absolute atomic E-state index is 13.1. The molecule has 0 atom stereocenters. The molecule has 160 valence electrons. The van der Waals surface area contributed by atoms with Gasteiger partial charge in [0.2, 0.25) is 0 Å². The van der Waals surface area contributed by atoms with Gasteiger partial charge in [-0.2, -0.15) is 5.26 Å². The molecule has 9 nitrogen and oxygen atoms in total. The number of rotatable bonds is 4. The molecule has 31 heavy (non-hydrogen) atoms. The van der Waals surface area contributed by atoms with Gasteiger partial charge in [0.1, 0.15) is 27.2 Å². The Morgan fingerprint density at radius 2 is 1.94 bits per heavy atom. The molecule has 4 rings (SSSR count). The molecule has 1 aromatic carbocycles. The molecule has 1 saturated heterocycles. The van der Waals surface area contributed by atoms with E-state index in [2.05, 4.69) is 11.1 Å². The quantitative estimate of drug-likeness (QED) is 0.633. The monoisotopic (exact) mass is 439 g/mol. The van der Waals surface area contributed by atoms with Crippen LogP contribution in [0, 0.1) is 11.3 Å². The molecule has 10 heteroatoms. The number of morpholine rings is 1. The number of nitrogens with zero attached hydrogens (tertiary/aromatic N) is 3. The van der Waals surface area contributed by atoms with E-state index in [0.29, 0.717) is 64.0 Å². The molecule has 0 spiro atoms. The second kappa shape index (κ2) is 8.29. The predicted octanol–water partition coefficient (Wildman–Crippen LogP) is 2.49. The molecular weight excluding hydrogens is 418 g/mol. The van der Waals surface area contributed by atoms with Gasteiger partial charge >= 0.3 is 0 Å². The molecule has 1 amide bonds. The SMILES string of the molecule is COc1ccc(-c2c(C#N)c(N)nc3sc(C(=O)N4CCOCC4)c(N)c23)cc1OC. The lowest BCUT2D eigenvalue weighted by Gasteiger charge is -2.26. The van der Waals surface area contributed by atoms with E-state index in [0.717, 1.165) is 0 Å². The van der Waals surface area contributed by atoms with Crippen LogP contribution in [0.15, 0.2) is 18.2 Å². The number of nitriles is 1. The molecule has 1 aliphatic rings. The van der Waals surface area contributed by atoms with Gasteiger partial charge < -0.3 is 30.6 Å². The van der Waals surface area contributed by atoms with E-state index in [4.69, 9.17) is 25.7 Å². The number of amides is 1. The lowest BCUT2D eigenvalue weighted by atomic mass is 9.96. The number of hydrogen-bond donors (Lipinski definition) is 2. The zero-order valence-electron chi connectivity index (χ0n) is 17.1. The molecule has 4 N–H and O–H groups in total. The fraction of sp³-hybridized carbons (Fsp3) is 0.286. The Morgan fingerprint density at radius 1 is 1.23 bits per heavy atom. The first kappa shape index (κ1) is 20.7. The fourth-order valence-corrected chi connectivity index (χ4v) is 4.71. The molecule has 0 saturated carbocycles. The largest absolute Gasteiger partial charge is 0.493 e. The van der Waals surface area contributed by atoms with Crippen LogP contribution in [0.4, 0.5) is 11.5 Å². The van der Waals surface area contributed by atoms with Crippen molar-refractivity contribution >= 4 is 39.0 Å². The van der Waals surface area contributed by atoms with Gasteiger partial charge in [-0.1, -0.05) is 6.07 Å². The number of thiophene rings is 1. The normalized spacial score (nSPS) is 13.8. The molecule has 2 aromatic heterocycles. The van der Waals surface area contributed by atoms with Crippen molar-refractivity contribution in [3.63, 3.8) is 0 Å². The average Bonchev–Trinajstić information content (AvgIpc) is 3.13. The van der Waals surface area contributed by atoms with Crippen molar-refractivity contribution in [2.45, 2.75) is 0 Å². The summed E-state index contributed by atoms with van der Waals surface area (Å²) >= 11 is 1.17. The van der Waals surface area contributed by atoms with Crippen molar-refractivity contribution in [3.05, 3.63) is 28.6 Å². The Balaban J connectivity index is 1.95. The third-order valence-corrected chi connectivity index (χ3v) is 6.27. The minimum absolute atomic E-state index is 0.0754. The van der Waals surface area contributed by atoms with Gasteiger partial charge in [-0.25, -0.2) is 4.98 Å². The van der Waals surface area contributed by atoms with Crippen molar-refractivity contribution in [2.75, 3.05) is 52.0 Å². The zero-order valence-corrected chi connectivity index (χ0v) is 17.9. The van der Waals surface area contributed by atoms with Crippen LogP contribution in [0.3, 0.4) is 0 Å². The highest BCUT2D eigenvalue weighted by molar-refractivity contribution is 7.21. The number of ether oxygens (including phenoxy) is 3. The maximum atomic E-state index is 13.1. The summed E-state index contributed by atoms with van der Waals surface area (Å²) in [6.45, 7) is 1.95. The van der Waals surface area contributed by atoms with Gasteiger partial charge in [0.05, 0.1) is 33.1 Å². The highest BCUT2D eigenvalue weighted by atomic mass is 32.1. The molecule has 3 aromatic rings. The Bertz CT molecular complexity index is 1210. The minimum Gasteiger partial charge on any atom is -0.493 e. The summed E-state index contributed by atoms with van der Waals surface area (Å²) in [7, 11) is 3.07.